The first-order valence-corrected chi connectivity index (χ1v) is 10.4. The number of rotatable bonds is 7. The molecule has 0 unspecified atom stereocenters. The second-order valence-corrected chi connectivity index (χ2v) is 8.14. The fourth-order valence-electron chi connectivity index (χ4n) is 4.28. The molecule has 3 aromatic carbocycles. The minimum absolute atomic E-state index is 0. The number of hydrogen-bond acceptors (Lipinski definition) is 5. The maximum atomic E-state index is 13.4. The van der Waals surface area contributed by atoms with Gasteiger partial charge in [0, 0.05) is 13.4 Å². The Morgan fingerprint density at radius 3 is 2.45 bits per heavy atom. The standard InChI is InChI=1S/C26H24O5.H2/c1-29-22-8-4-18(12-21(22)19-5-2-17(15-27)3-6-19)13-25(28)26(10-11-26)20-7-9-23-24(14-20)31-16-30-23;/h2-9,12,14,27H,10-11,13,15-16H2,1H3;1H. The number of ketones is 1. The first-order valence-electron chi connectivity index (χ1n) is 10.4. The highest BCUT2D eigenvalue weighted by Gasteiger charge is 2.50. The molecule has 5 rings (SSSR count). The number of ether oxygens (including phenoxy) is 3. The predicted octanol–water partition coefficient (Wildman–Crippen LogP) is 4.67. The molecule has 1 fully saturated rings. The van der Waals surface area contributed by atoms with Crippen LogP contribution in [0.5, 0.6) is 17.2 Å². The third-order valence-electron chi connectivity index (χ3n) is 6.28. The van der Waals surface area contributed by atoms with Crippen LogP contribution >= 0.6 is 0 Å². The van der Waals surface area contributed by atoms with E-state index in [1.54, 1.807) is 7.11 Å². The number of aliphatic hydroxyl groups excluding tert-OH is 1. The van der Waals surface area contributed by atoms with Gasteiger partial charge in [-0.15, -0.1) is 0 Å². The summed E-state index contributed by atoms with van der Waals surface area (Å²) in [6.07, 6.45) is 2.08. The van der Waals surface area contributed by atoms with Gasteiger partial charge in [-0.25, -0.2) is 0 Å². The zero-order valence-electron chi connectivity index (χ0n) is 17.4. The van der Waals surface area contributed by atoms with E-state index in [2.05, 4.69) is 0 Å². The van der Waals surface area contributed by atoms with E-state index in [9.17, 15) is 9.90 Å². The Labute approximate surface area is 182 Å². The number of aliphatic hydroxyl groups is 1. The topological polar surface area (TPSA) is 65.0 Å². The third-order valence-corrected chi connectivity index (χ3v) is 6.28. The first-order chi connectivity index (χ1) is 15.1. The van der Waals surface area contributed by atoms with Crippen LogP contribution in [0.4, 0.5) is 0 Å². The fraction of sp³-hybridized carbons (Fsp3) is 0.269. The molecule has 1 aliphatic carbocycles. The largest absolute Gasteiger partial charge is 0.496 e. The van der Waals surface area contributed by atoms with Crippen LogP contribution in [-0.4, -0.2) is 24.8 Å². The number of Topliss-reactive ketones (excluding diaryl/α,β-unsaturated/α-hetero) is 1. The van der Waals surface area contributed by atoms with Gasteiger partial charge >= 0.3 is 0 Å². The van der Waals surface area contributed by atoms with Gasteiger partial charge in [0.25, 0.3) is 0 Å². The Morgan fingerprint density at radius 1 is 1.00 bits per heavy atom. The molecule has 5 nitrogen and oxygen atoms in total. The summed E-state index contributed by atoms with van der Waals surface area (Å²) < 4.78 is 16.5. The van der Waals surface area contributed by atoms with Gasteiger partial charge in [0.05, 0.1) is 19.1 Å². The molecular weight excluding hydrogens is 392 g/mol. The van der Waals surface area contributed by atoms with Crippen LogP contribution in [0.15, 0.2) is 60.7 Å². The highest BCUT2D eigenvalue weighted by molar-refractivity contribution is 5.95. The summed E-state index contributed by atoms with van der Waals surface area (Å²) >= 11 is 0. The molecular formula is C26H26O5. The van der Waals surface area contributed by atoms with Crippen LogP contribution in [0, 0.1) is 0 Å². The van der Waals surface area contributed by atoms with Crippen molar-refractivity contribution in [3.05, 3.63) is 77.4 Å². The van der Waals surface area contributed by atoms with Crippen molar-refractivity contribution in [2.24, 2.45) is 0 Å². The average Bonchev–Trinajstić information content (AvgIpc) is 3.50. The summed E-state index contributed by atoms with van der Waals surface area (Å²) in [5.41, 5.74) is 4.32. The molecule has 0 bridgehead atoms. The van der Waals surface area contributed by atoms with Gasteiger partial charge < -0.3 is 19.3 Å². The number of carbonyl (C=O) groups excluding carboxylic acids is 1. The van der Waals surface area contributed by atoms with Gasteiger partial charge in [0.15, 0.2) is 11.5 Å². The highest BCUT2D eigenvalue weighted by atomic mass is 16.7. The Hall–Kier alpha value is -3.31. The van der Waals surface area contributed by atoms with Crippen molar-refractivity contribution >= 4 is 5.78 Å². The molecule has 0 saturated heterocycles. The van der Waals surface area contributed by atoms with E-state index in [-0.39, 0.29) is 20.6 Å². The molecule has 5 heteroatoms. The van der Waals surface area contributed by atoms with Crippen LogP contribution < -0.4 is 14.2 Å². The van der Waals surface area contributed by atoms with Gasteiger partial charge in [-0.1, -0.05) is 36.4 Å². The summed E-state index contributed by atoms with van der Waals surface area (Å²) in [7, 11) is 1.64. The van der Waals surface area contributed by atoms with Crippen LogP contribution in [0.3, 0.4) is 0 Å². The van der Waals surface area contributed by atoms with Crippen molar-refractivity contribution in [1.29, 1.82) is 0 Å². The zero-order valence-corrected chi connectivity index (χ0v) is 17.4. The van der Waals surface area contributed by atoms with E-state index in [1.165, 1.54) is 0 Å². The maximum Gasteiger partial charge on any atom is 0.231 e. The van der Waals surface area contributed by atoms with Gasteiger partial charge in [0.1, 0.15) is 11.5 Å². The Kier molecular flexibility index (Phi) is 4.91. The van der Waals surface area contributed by atoms with Gasteiger partial charge in [0.2, 0.25) is 6.79 Å². The number of hydrogen-bond donors (Lipinski definition) is 1. The quantitative estimate of drug-likeness (QED) is 0.604. The summed E-state index contributed by atoms with van der Waals surface area (Å²) in [5.74, 6) is 2.43. The molecule has 1 N–H and O–H groups in total. The molecule has 0 spiro atoms. The maximum absolute atomic E-state index is 13.4. The fourth-order valence-corrected chi connectivity index (χ4v) is 4.28. The van der Waals surface area contributed by atoms with E-state index < -0.39 is 5.41 Å². The third kappa shape index (κ3) is 3.55. The lowest BCUT2D eigenvalue weighted by Gasteiger charge is -2.16. The van der Waals surface area contributed by atoms with E-state index in [0.717, 1.165) is 57.9 Å². The molecule has 3 aromatic rings. The van der Waals surface area contributed by atoms with Crippen molar-refractivity contribution < 1.29 is 25.5 Å². The summed E-state index contributed by atoms with van der Waals surface area (Å²) in [6, 6.07) is 19.4. The number of carbonyl (C=O) groups is 1. The molecule has 0 aromatic heterocycles. The van der Waals surface area contributed by atoms with Crippen molar-refractivity contribution in [3.63, 3.8) is 0 Å². The lowest BCUT2D eigenvalue weighted by molar-refractivity contribution is -0.120. The molecule has 2 aliphatic rings. The lowest BCUT2D eigenvalue weighted by Crippen LogP contribution is -2.22. The second kappa shape index (κ2) is 7.75. The summed E-state index contributed by atoms with van der Waals surface area (Å²) in [6.45, 7) is 0.238. The van der Waals surface area contributed by atoms with E-state index in [4.69, 9.17) is 14.2 Å². The minimum atomic E-state index is -0.427. The van der Waals surface area contributed by atoms with Crippen LogP contribution in [-0.2, 0) is 23.2 Å². The molecule has 0 radical (unpaired) electrons. The molecule has 1 aliphatic heterocycles. The molecule has 0 atom stereocenters. The molecule has 160 valence electrons. The Balaban J connectivity index is 0.00000245. The van der Waals surface area contributed by atoms with Crippen LogP contribution in [0.2, 0.25) is 0 Å². The van der Waals surface area contributed by atoms with Gasteiger partial charge in [-0.2, -0.15) is 0 Å². The molecule has 0 amide bonds. The SMILES string of the molecule is COc1ccc(CC(=O)C2(c3ccc4c(c3)OCO4)CC2)cc1-c1ccc(CO)cc1.[HH]. The summed E-state index contributed by atoms with van der Waals surface area (Å²) in [4.78, 5) is 13.4. The Bertz CT molecular complexity index is 1140. The van der Waals surface area contributed by atoms with Gasteiger partial charge in [-0.3, -0.25) is 4.79 Å². The van der Waals surface area contributed by atoms with E-state index in [0.29, 0.717) is 6.42 Å². The molecule has 1 heterocycles. The van der Waals surface area contributed by atoms with E-state index in [1.807, 2.05) is 60.7 Å². The molecule has 31 heavy (non-hydrogen) atoms. The summed E-state index contributed by atoms with van der Waals surface area (Å²) in [5, 5.41) is 9.29. The smallest absolute Gasteiger partial charge is 0.231 e. The Morgan fingerprint density at radius 2 is 1.74 bits per heavy atom. The molecule has 1 saturated carbocycles. The van der Waals surface area contributed by atoms with Crippen LogP contribution in [0.1, 0.15) is 31.0 Å². The second-order valence-electron chi connectivity index (χ2n) is 8.14. The van der Waals surface area contributed by atoms with Gasteiger partial charge in [-0.05, 0) is 59.4 Å². The minimum Gasteiger partial charge on any atom is -0.496 e. The zero-order chi connectivity index (χ0) is 21.4. The lowest BCUT2D eigenvalue weighted by atomic mass is 9.87. The van der Waals surface area contributed by atoms with Crippen LogP contribution in [0.25, 0.3) is 11.1 Å². The first kappa shape index (κ1) is 19.6. The number of methoxy groups -OCH3 is 1. The highest BCUT2D eigenvalue weighted by Crippen LogP contribution is 2.51. The number of benzene rings is 3. The normalized spacial score (nSPS) is 15.5. The predicted molar refractivity (Wildman–Crippen MR) is 119 cm³/mol. The van der Waals surface area contributed by atoms with Crippen molar-refractivity contribution in [3.8, 4) is 28.4 Å². The van der Waals surface area contributed by atoms with Crippen molar-refractivity contribution in [2.45, 2.75) is 31.3 Å². The van der Waals surface area contributed by atoms with Crippen molar-refractivity contribution in [1.82, 2.24) is 0 Å². The average molecular weight is 418 g/mol. The van der Waals surface area contributed by atoms with E-state index >= 15 is 0 Å². The van der Waals surface area contributed by atoms with Crippen molar-refractivity contribution in [2.75, 3.05) is 13.9 Å². The monoisotopic (exact) mass is 418 g/mol. The number of fused-ring (bicyclic) bond motifs is 1.